The summed E-state index contributed by atoms with van der Waals surface area (Å²) in [7, 11) is -0.867. The van der Waals surface area contributed by atoms with Gasteiger partial charge in [-0.2, -0.15) is 5.10 Å². The molecule has 2 atom stereocenters. The van der Waals surface area contributed by atoms with Crippen molar-refractivity contribution < 1.29 is 8.95 Å². The summed E-state index contributed by atoms with van der Waals surface area (Å²) in [6.45, 7) is 4.86. The lowest BCUT2D eigenvalue weighted by atomic mass is 10.1. The normalized spacial score (nSPS) is 19.7. The van der Waals surface area contributed by atoms with E-state index in [2.05, 4.69) is 11.2 Å². The Labute approximate surface area is 140 Å². The lowest BCUT2D eigenvalue weighted by molar-refractivity contribution is 0.0310. The Bertz CT molecular complexity index is 673. The van der Waals surface area contributed by atoms with Gasteiger partial charge in [-0.3, -0.25) is 4.21 Å². The highest BCUT2D eigenvalue weighted by Gasteiger charge is 2.17. The van der Waals surface area contributed by atoms with Crippen LogP contribution < -0.4 is 0 Å². The van der Waals surface area contributed by atoms with E-state index >= 15 is 0 Å². The quantitative estimate of drug-likeness (QED) is 0.844. The third-order valence-electron chi connectivity index (χ3n) is 4.16. The maximum absolute atomic E-state index is 12.3. The summed E-state index contributed by atoms with van der Waals surface area (Å²) >= 11 is 0. The van der Waals surface area contributed by atoms with Crippen LogP contribution in [-0.4, -0.2) is 32.5 Å². The average molecular weight is 332 g/mol. The van der Waals surface area contributed by atoms with Crippen LogP contribution in [0.5, 0.6) is 0 Å². The monoisotopic (exact) mass is 332 g/mol. The maximum Gasteiger partial charge on any atom is 0.0690 e. The number of rotatable bonds is 5. The Kier molecular flexibility index (Phi) is 5.28. The van der Waals surface area contributed by atoms with Gasteiger partial charge in [0.15, 0.2) is 0 Å². The second-order valence-electron chi connectivity index (χ2n) is 6.24. The largest absolute Gasteiger partial charge is 0.377 e. The fraction of sp³-hybridized carbons (Fsp3) is 0.500. The Hall–Kier alpha value is -1.46. The van der Waals surface area contributed by atoms with E-state index in [1.54, 1.807) is 0 Å². The van der Waals surface area contributed by atoms with Crippen LogP contribution in [0.2, 0.25) is 0 Å². The summed E-state index contributed by atoms with van der Waals surface area (Å²) in [4.78, 5) is 0. The molecule has 1 saturated heterocycles. The van der Waals surface area contributed by atoms with Crippen LogP contribution in [0.4, 0.5) is 0 Å². The second-order valence-corrected chi connectivity index (χ2v) is 7.75. The lowest BCUT2D eigenvalue weighted by Gasteiger charge is -2.22. The van der Waals surface area contributed by atoms with Gasteiger partial charge in [0.25, 0.3) is 0 Å². The van der Waals surface area contributed by atoms with Gasteiger partial charge in [-0.05, 0) is 56.9 Å². The first-order valence-electron chi connectivity index (χ1n) is 8.21. The third-order valence-corrected chi connectivity index (χ3v) is 5.56. The molecule has 0 unspecified atom stereocenters. The van der Waals surface area contributed by atoms with Gasteiger partial charge < -0.3 is 4.74 Å². The summed E-state index contributed by atoms with van der Waals surface area (Å²) < 4.78 is 19.9. The highest BCUT2D eigenvalue weighted by Crippen LogP contribution is 2.17. The fourth-order valence-corrected chi connectivity index (χ4v) is 4.37. The van der Waals surface area contributed by atoms with Gasteiger partial charge >= 0.3 is 0 Å². The SMILES string of the molecule is Cc1cc(C)n(-c2ccc(C[S@@](=O)C[C@@H]3CCCCO3)cc2)n1. The molecule has 0 aliphatic carbocycles. The second kappa shape index (κ2) is 7.41. The van der Waals surface area contributed by atoms with Crippen molar-refractivity contribution in [3.8, 4) is 5.69 Å². The number of benzene rings is 1. The van der Waals surface area contributed by atoms with E-state index in [1.165, 1.54) is 6.42 Å². The number of nitrogens with zero attached hydrogens (tertiary/aromatic N) is 2. The van der Waals surface area contributed by atoms with E-state index in [0.717, 1.165) is 42.1 Å². The molecule has 4 nitrogen and oxygen atoms in total. The van der Waals surface area contributed by atoms with E-state index < -0.39 is 10.8 Å². The third kappa shape index (κ3) is 4.30. The molecule has 0 N–H and O–H groups in total. The van der Waals surface area contributed by atoms with Gasteiger partial charge in [0.2, 0.25) is 0 Å². The average Bonchev–Trinajstić information content (AvgIpc) is 2.87. The Morgan fingerprint density at radius 1 is 1.26 bits per heavy atom. The fourth-order valence-electron chi connectivity index (χ4n) is 3.01. The van der Waals surface area contributed by atoms with Crippen LogP contribution in [0.15, 0.2) is 30.3 Å². The number of hydrogen-bond acceptors (Lipinski definition) is 3. The van der Waals surface area contributed by atoms with Crippen molar-refractivity contribution in [3.05, 3.63) is 47.3 Å². The van der Waals surface area contributed by atoms with Crippen molar-refractivity contribution in [2.24, 2.45) is 0 Å². The van der Waals surface area contributed by atoms with E-state index in [9.17, 15) is 4.21 Å². The van der Waals surface area contributed by atoms with Gasteiger partial charge in [-0.1, -0.05) is 12.1 Å². The molecule has 0 saturated carbocycles. The van der Waals surface area contributed by atoms with E-state index in [4.69, 9.17) is 4.74 Å². The minimum atomic E-state index is -0.867. The van der Waals surface area contributed by atoms with Crippen LogP contribution in [-0.2, 0) is 21.3 Å². The highest BCUT2D eigenvalue weighted by atomic mass is 32.2. The van der Waals surface area contributed by atoms with Crippen molar-refractivity contribution in [2.75, 3.05) is 12.4 Å². The van der Waals surface area contributed by atoms with Gasteiger partial charge in [0, 0.05) is 28.9 Å². The molecule has 1 aliphatic rings. The van der Waals surface area contributed by atoms with E-state index in [-0.39, 0.29) is 6.10 Å². The molecule has 1 aromatic heterocycles. The minimum absolute atomic E-state index is 0.179. The van der Waals surface area contributed by atoms with Crippen LogP contribution in [0.25, 0.3) is 5.69 Å². The summed E-state index contributed by atoms with van der Waals surface area (Å²) in [5.74, 6) is 1.25. The lowest BCUT2D eigenvalue weighted by Crippen LogP contribution is -2.25. The van der Waals surface area contributed by atoms with Gasteiger partial charge in [-0.25, -0.2) is 4.68 Å². The summed E-state index contributed by atoms with van der Waals surface area (Å²) in [6, 6.07) is 10.2. The van der Waals surface area contributed by atoms with Crippen molar-refractivity contribution in [1.29, 1.82) is 0 Å². The molecule has 1 fully saturated rings. The van der Waals surface area contributed by atoms with Crippen LogP contribution >= 0.6 is 0 Å². The molecular weight excluding hydrogens is 308 g/mol. The van der Waals surface area contributed by atoms with Crippen molar-refractivity contribution in [1.82, 2.24) is 9.78 Å². The van der Waals surface area contributed by atoms with Gasteiger partial charge in [0.05, 0.1) is 23.2 Å². The molecule has 0 radical (unpaired) electrons. The smallest absolute Gasteiger partial charge is 0.0690 e. The van der Waals surface area contributed by atoms with Crippen LogP contribution in [0, 0.1) is 13.8 Å². The number of ether oxygens (including phenoxy) is 1. The summed E-state index contributed by atoms with van der Waals surface area (Å²) in [5.41, 5.74) is 4.28. The van der Waals surface area contributed by atoms with E-state index in [1.807, 2.05) is 42.8 Å². The minimum Gasteiger partial charge on any atom is -0.377 e. The van der Waals surface area contributed by atoms with Crippen molar-refractivity contribution >= 4 is 10.8 Å². The van der Waals surface area contributed by atoms with Crippen LogP contribution in [0.1, 0.15) is 36.2 Å². The zero-order valence-corrected chi connectivity index (χ0v) is 14.6. The zero-order chi connectivity index (χ0) is 16.2. The molecule has 0 spiro atoms. The van der Waals surface area contributed by atoms with Gasteiger partial charge in [-0.15, -0.1) is 0 Å². The number of hydrogen-bond donors (Lipinski definition) is 0. The first-order valence-corrected chi connectivity index (χ1v) is 9.70. The van der Waals surface area contributed by atoms with Crippen molar-refractivity contribution in [2.45, 2.75) is 45.0 Å². The number of aromatic nitrogens is 2. The molecule has 2 heterocycles. The topological polar surface area (TPSA) is 44.1 Å². The molecule has 1 aromatic carbocycles. The molecule has 5 heteroatoms. The van der Waals surface area contributed by atoms with E-state index in [0.29, 0.717) is 11.5 Å². The molecule has 3 rings (SSSR count). The summed E-state index contributed by atoms with van der Waals surface area (Å²) in [5, 5.41) is 4.49. The maximum atomic E-state index is 12.3. The molecule has 124 valence electrons. The van der Waals surface area contributed by atoms with Gasteiger partial charge in [0.1, 0.15) is 0 Å². The molecule has 0 bridgehead atoms. The number of aryl methyl sites for hydroxylation is 2. The Morgan fingerprint density at radius 2 is 2.04 bits per heavy atom. The molecule has 1 aliphatic heterocycles. The predicted octanol–water partition coefficient (Wildman–Crippen LogP) is 3.31. The first-order chi connectivity index (χ1) is 11.1. The predicted molar refractivity (Wildman–Crippen MR) is 93.3 cm³/mol. The molecule has 23 heavy (non-hydrogen) atoms. The first kappa shape index (κ1) is 16.4. The zero-order valence-electron chi connectivity index (χ0n) is 13.8. The molecule has 2 aromatic rings. The van der Waals surface area contributed by atoms with Crippen molar-refractivity contribution in [3.63, 3.8) is 0 Å². The summed E-state index contributed by atoms with van der Waals surface area (Å²) in [6.07, 6.45) is 3.55. The Balaban J connectivity index is 1.61. The molecule has 0 amide bonds. The van der Waals surface area contributed by atoms with Crippen LogP contribution in [0.3, 0.4) is 0 Å². The molecular formula is C18H24N2O2S. The highest BCUT2D eigenvalue weighted by molar-refractivity contribution is 7.84. The Morgan fingerprint density at radius 3 is 2.65 bits per heavy atom. The standard InChI is InChI=1S/C18H24N2O2S/c1-14-11-15(2)20(19-14)17-8-6-16(7-9-17)12-23(21)13-18-5-3-4-10-22-18/h6-9,11,18H,3-5,10,12-13H2,1-2H3/t18-,23+/m0/s1.